The molecule has 2 N–H and O–H groups in total. The molecule has 1 amide bonds. The molecule has 1 heterocycles. The van der Waals surface area contributed by atoms with Crippen LogP contribution in [0.5, 0.6) is 0 Å². The molecule has 0 aromatic carbocycles. The number of aliphatic hydroxyl groups is 1. The normalized spacial score (nSPS) is 12.8. The number of rotatable bonds is 6. The fourth-order valence-electron chi connectivity index (χ4n) is 2.12. The minimum Gasteiger partial charge on any atom is -0.394 e. The number of nitrogens with zero attached hydrogens (tertiary/aromatic N) is 2. The summed E-state index contributed by atoms with van der Waals surface area (Å²) in [5.41, 5.74) is 3.23. The standard InChI is InChI=1S/C14H25N3O2/c1-9(2)13(8-18)15-14(19)7-6-12-10(3)16-17(5)11(12)4/h9,13,18H,6-8H2,1-5H3,(H,15,19)/t13-/m1/s1. The van der Waals surface area contributed by atoms with E-state index in [1.54, 1.807) is 0 Å². The Morgan fingerprint density at radius 2 is 2.05 bits per heavy atom. The molecule has 0 fully saturated rings. The Labute approximate surface area is 115 Å². The van der Waals surface area contributed by atoms with Crippen molar-refractivity contribution >= 4 is 5.91 Å². The van der Waals surface area contributed by atoms with Gasteiger partial charge in [0.25, 0.3) is 0 Å². The summed E-state index contributed by atoms with van der Waals surface area (Å²) in [4.78, 5) is 11.9. The fourth-order valence-corrected chi connectivity index (χ4v) is 2.12. The van der Waals surface area contributed by atoms with Crippen LogP contribution < -0.4 is 5.32 Å². The summed E-state index contributed by atoms with van der Waals surface area (Å²) in [7, 11) is 1.91. The lowest BCUT2D eigenvalue weighted by Crippen LogP contribution is -2.41. The number of hydrogen-bond acceptors (Lipinski definition) is 3. The van der Waals surface area contributed by atoms with Gasteiger partial charge in [-0.25, -0.2) is 0 Å². The Kier molecular flexibility index (Phi) is 5.54. The lowest BCUT2D eigenvalue weighted by Gasteiger charge is -2.19. The van der Waals surface area contributed by atoms with Gasteiger partial charge >= 0.3 is 0 Å². The van der Waals surface area contributed by atoms with Crippen molar-refractivity contribution in [3.63, 3.8) is 0 Å². The van der Waals surface area contributed by atoms with E-state index >= 15 is 0 Å². The molecule has 1 rings (SSSR count). The van der Waals surface area contributed by atoms with Crippen molar-refractivity contribution in [3.8, 4) is 0 Å². The predicted molar refractivity (Wildman–Crippen MR) is 74.9 cm³/mol. The van der Waals surface area contributed by atoms with Crippen LogP contribution in [0.3, 0.4) is 0 Å². The van der Waals surface area contributed by atoms with Gasteiger partial charge < -0.3 is 10.4 Å². The third kappa shape index (κ3) is 4.06. The van der Waals surface area contributed by atoms with E-state index in [-0.39, 0.29) is 24.5 Å². The Bertz CT molecular complexity index is 438. The quantitative estimate of drug-likeness (QED) is 0.811. The Morgan fingerprint density at radius 1 is 1.42 bits per heavy atom. The summed E-state index contributed by atoms with van der Waals surface area (Å²) in [5.74, 6) is 0.214. The zero-order chi connectivity index (χ0) is 14.6. The fraction of sp³-hybridized carbons (Fsp3) is 0.714. The van der Waals surface area contributed by atoms with Crippen LogP contribution >= 0.6 is 0 Å². The van der Waals surface area contributed by atoms with Crippen LogP contribution in [0, 0.1) is 19.8 Å². The van der Waals surface area contributed by atoms with E-state index in [1.165, 1.54) is 0 Å². The second kappa shape index (κ2) is 6.70. The van der Waals surface area contributed by atoms with E-state index in [0.717, 1.165) is 17.0 Å². The van der Waals surface area contributed by atoms with E-state index in [4.69, 9.17) is 0 Å². The third-order valence-electron chi connectivity index (χ3n) is 3.61. The van der Waals surface area contributed by atoms with Crippen LogP contribution in [-0.2, 0) is 18.3 Å². The van der Waals surface area contributed by atoms with Crippen molar-refractivity contribution in [2.24, 2.45) is 13.0 Å². The molecule has 0 aliphatic heterocycles. The van der Waals surface area contributed by atoms with E-state index in [9.17, 15) is 9.90 Å². The number of aliphatic hydroxyl groups excluding tert-OH is 1. The molecule has 0 radical (unpaired) electrons. The number of aryl methyl sites for hydroxylation is 2. The average Bonchev–Trinajstić information content (AvgIpc) is 2.58. The molecule has 0 aliphatic carbocycles. The van der Waals surface area contributed by atoms with Gasteiger partial charge in [0.05, 0.1) is 18.3 Å². The van der Waals surface area contributed by atoms with Gasteiger partial charge in [0.2, 0.25) is 5.91 Å². The maximum atomic E-state index is 11.9. The maximum Gasteiger partial charge on any atom is 0.220 e. The lowest BCUT2D eigenvalue weighted by atomic mass is 10.0. The first-order valence-electron chi connectivity index (χ1n) is 6.76. The smallest absolute Gasteiger partial charge is 0.220 e. The van der Waals surface area contributed by atoms with E-state index in [1.807, 2.05) is 39.4 Å². The molecule has 19 heavy (non-hydrogen) atoms. The predicted octanol–water partition coefficient (Wildman–Crippen LogP) is 1.10. The van der Waals surface area contributed by atoms with Gasteiger partial charge in [-0.15, -0.1) is 0 Å². The topological polar surface area (TPSA) is 67.2 Å². The number of hydrogen-bond donors (Lipinski definition) is 2. The van der Waals surface area contributed by atoms with Crippen LogP contribution in [0.2, 0.25) is 0 Å². The molecular formula is C14H25N3O2. The largest absolute Gasteiger partial charge is 0.394 e. The van der Waals surface area contributed by atoms with Crippen LogP contribution in [0.15, 0.2) is 0 Å². The van der Waals surface area contributed by atoms with Crippen molar-refractivity contribution in [1.29, 1.82) is 0 Å². The van der Waals surface area contributed by atoms with Crippen LogP contribution in [-0.4, -0.2) is 33.4 Å². The molecule has 1 aromatic rings. The highest BCUT2D eigenvalue weighted by Gasteiger charge is 2.16. The van der Waals surface area contributed by atoms with Gasteiger partial charge in [-0.2, -0.15) is 5.10 Å². The summed E-state index contributed by atoms with van der Waals surface area (Å²) in [6, 6.07) is -0.163. The summed E-state index contributed by atoms with van der Waals surface area (Å²) in [5, 5.41) is 16.4. The molecule has 0 aliphatic rings. The van der Waals surface area contributed by atoms with Crippen molar-refractivity contribution in [1.82, 2.24) is 15.1 Å². The van der Waals surface area contributed by atoms with E-state index in [0.29, 0.717) is 12.8 Å². The molecule has 1 aromatic heterocycles. The van der Waals surface area contributed by atoms with Gasteiger partial charge in [0.1, 0.15) is 0 Å². The first kappa shape index (κ1) is 15.7. The second-order valence-electron chi connectivity index (χ2n) is 5.37. The number of amides is 1. The minimum atomic E-state index is -0.163. The lowest BCUT2D eigenvalue weighted by molar-refractivity contribution is -0.122. The highest BCUT2D eigenvalue weighted by molar-refractivity contribution is 5.76. The van der Waals surface area contributed by atoms with Crippen LogP contribution in [0.4, 0.5) is 0 Å². The van der Waals surface area contributed by atoms with Gasteiger partial charge in [-0.05, 0) is 31.7 Å². The minimum absolute atomic E-state index is 0.0181. The number of carbonyl (C=O) groups excluding carboxylic acids is 1. The molecule has 5 nitrogen and oxygen atoms in total. The molecule has 0 spiro atoms. The Morgan fingerprint density at radius 3 is 2.47 bits per heavy atom. The SMILES string of the molecule is Cc1nn(C)c(C)c1CCC(=O)N[C@H](CO)C(C)C. The molecule has 5 heteroatoms. The number of nitrogens with one attached hydrogen (secondary N) is 1. The van der Waals surface area contributed by atoms with Crippen LogP contribution in [0.25, 0.3) is 0 Å². The van der Waals surface area contributed by atoms with Crippen molar-refractivity contribution in [2.75, 3.05) is 6.61 Å². The molecule has 0 saturated carbocycles. The zero-order valence-electron chi connectivity index (χ0n) is 12.5. The van der Waals surface area contributed by atoms with Gasteiger partial charge in [-0.1, -0.05) is 13.8 Å². The van der Waals surface area contributed by atoms with Crippen molar-refractivity contribution in [2.45, 2.75) is 46.6 Å². The van der Waals surface area contributed by atoms with Crippen molar-refractivity contribution < 1.29 is 9.90 Å². The average molecular weight is 267 g/mol. The Hall–Kier alpha value is -1.36. The van der Waals surface area contributed by atoms with Gasteiger partial charge in [0, 0.05) is 19.2 Å². The molecule has 108 valence electrons. The zero-order valence-corrected chi connectivity index (χ0v) is 12.5. The maximum absolute atomic E-state index is 11.9. The first-order valence-corrected chi connectivity index (χ1v) is 6.76. The highest BCUT2D eigenvalue weighted by atomic mass is 16.3. The molecule has 0 bridgehead atoms. The van der Waals surface area contributed by atoms with Gasteiger partial charge in [0.15, 0.2) is 0 Å². The summed E-state index contributed by atoms with van der Waals surface area (Å²) < 4.78 is 1.84. The van der Waals surface area contributed by atoms with E-state index in [2.05, 4.69) is 10.4 Å². The summed E-state index contributed by atoms with van der Waals surface area (Å²) >= 11 is 0. The van der Waals surface area contributed by atoms with E-state index < -0.39 is 0 Å². The van der Waals surface area contributed by atoms with Gasteiger partial charge in [-0.3, -0.25) is 9.48 Å². The first-order chi connectivity index (χ1) is 8.86. The molecule has 0 unspecified atom stereocenters. The number of aromatic nitrogens is 2. The Balaban J connectivity index is 2.55. The highest BCUT2D eigenvalue weighted by Crippen LogP contribution is 2.14. The molecule has 0 saturated heterocycles. The van der Waals surface area contributed by atoms with Crippen LogP contribution in [0.1, 0.15) is 37.2 Å². The van der Waals surface area contributed by atoms with Crippen molar-refractivity contribution in [3.05, 3.63) is 17.0 Å². The molecule has 1 atom stereocenters. The second-order valence-corrected chi connectivity index (χ2v) is 5.37. The number of carbonyl (C=O) groups is 1. The monoisotopic (exact) mass is 267 g/mol. The summed E-state index contributed by atoms with van der Waals surface area (Å²) in [6.07, 6.45) is 1.12. The molecular weight excluding hydrogens is 242 g/mol. The summed E-state index contributed by atoms with van der Waals surface area (Å²) in [6.45, 7) is 7.92. The third-order valence-corrected chi connectivity index (χ3v) is 3.61.